The Morgan fingerprint density at radius 1 is 1.26 bits per heavy atom. The molecule has 2 N–H and O–H groups in total. The van der Waals surface area contributed by atoms with Crippen LogP contribution in [0.3, 0.4) is 0 Å². The summed E-state index contributed by atoms with van der Waals surface area (Å²) in [5.74, 6) is 1.37. The Labute approximate surface area is 196 Å². The van der Waals surface area contributed by atoms with E-state index < -0.39 is 15.5 Å². The number of hydrogen-bond donors (Lipinski definition) is 2. The molecule has 174 valence electrons. The Hall–Kier alpha value is -1.54. The monoisotopic (exact) mass is 574 g/mol. The first-order chi connectivity index (χ1) is 14.2. The second-order valence-electron chi connectivity index (χ2n) is 7.03. The van der Waals surface area contributed by atoms with Gasteiger partial charge < -0.3 is 15.1 Å². The van der Waals surface area contributed by atoms with Crippen LogP contribution in [0.4, 0.5) is 13.2 Å². The van der Waals surface area contributed by atoms with Gasteiger partial charge in [0.2, 0.25) is 0 Å². The van der Waals surface area contributed by atoms with Gasteiger partial charge in [-0.15, -0.1) is 24.0 Å². The second-order valence-corrected chi connectivity index (χ2v) is 8.96. The van der Waals surface area contributed by atoms with E-state index in [1.165, 1.54) is 0 Å². The third-order valence-corrected chi connectivity index (χ3v) is 6.51. The van der Waals surface area contributed by atoms with Crippen molar-refractivity contribution in [2.24, 2.45) is 4.99 Å². The van der Waals surface area contributed by atoms with Gasteiger partial charge in [-0.25, -0.2) is 8.42 Å². The van der Waals surface area contributed by atoms with Crippen molar-refractivity contribution in [1.82, 2.24) is 14.9 Å². The normalized spacial score (nSPS) is 16.8. The molecule has 12 heteroatoms. The molecule has 0 saturated carbocycles. The molecule has 0 radical (unpaired) electrons. The van der Waals surface area contributed by atoms with E-state index in [4.69, 9.17) is 4.42 Å². The van der Waals surface area contributed by atoms with Crippen molar-refractivity contribution >= 4 is 50.9 Å². The van der Waals surface area contributed by atoms with Crippen LogP contribution in [-0.4, -0.2) is 56.4 Å². The minimum atomic E-state index is -5.27. The van der Waals surface area contributed by atoms with Crippen LogP contribution in [0, 0.1) is 0 Å². The third-order valence-electron chi connectivity index (χ3n) is 4.88. The van der Waals surface area contributed by atoms with Crippen molar-refractivity contribution in [2.45, 2.75) is 37.7 Å². The lowest BCUT2D eigenvalue weighted by molar-refractivity contribution is -0.0494. The number of nitrogens with one attached hydrogen (secondary N) is 2. The van der Waals surface area contributed by atoms with Crippen LogP contribution < -0.4 is 10.6 Å². The van der Waals surface area contributed by atoms with Gasteiger partial charge in [0.05, 0.1) is 0 Å². The van der Waals surface area contributed by atoms with Crippen LogP contribution in [0.15, 0.2) is 39.7 Å². The van der Waals surface area contributed by atoms with Crippen molar-refractivity contribution in [3.05, 3.63) is 36.1 Å². The number of piperidine rings is 1. The van der Waals surface area contributed by atoms with E-state index in [0.29, 0.717) is 29.8 Å². The molecule has 0 unspecified atom stereocenters. The lowest BCUT2D eigenvalue weighted by atomic mass is 10.1. The molecule has 0 aliphatic carbocycles. The molecule has 3 rings (SSSR count). The molecule has 1 aliphatic rings. The van der Waals surface area contributed by atoms with Gasteiger partial charge in [0.25, 0.3) is 0 Å². The smallest absolute Gasteiger partial charge is 0.461 e. The average Bonchev–Trinajstić information content (AvgIpc) is 3.10. The summed E-state index contributed by atoms with van der Waals surface area (Å²) < 4.78 is 67.4. The van der Waals surface area contributed by atoms with E-state index in [0.717, 1.165) is 16.7 Å². The fourth-order valence-electron chi connectivity index (χ4n) is 3.34. The molecule has 0 spiro atoms. The van der Waals surface area contributed by atoms with E-state index in [2.05, 4.69) is 15.6 Å². The van der Waals surface area contributed by atoms with Crippen LogP contribution >= 0.6 is 24.0 Å². The van der Waals surface area contributed by atoms with Gasteiger partial charge in [-0.1, -0.05) is 18.2 Å². The van der Waals surface area contributed by atoms with Crippen molar-refractivity contribution in [2.75, 3.05) is 26.2 Å². The largest absolute Gasteiger partial charge is 0.511 e. The second kappa shape index (κ2) is 10.9. The molecule has 0 amide bonds. The lowest BCUT2D eigenvalue weighted by Crippen LogP contribution is -2.51. The molecular formula is C19H26F3IN4O3S. The van der Waals surface area contributed by atoms with Crippen LogP contribution in [0.25, 0.3) is 11.0 Å². The summed E-state index contributed by atoms with van der Waals surface area (Å²) in [5, 5.41) is 7.32. The maximum Gasteiger partial charge on any atom is 0.511 e. The van der Waals surface area contributed by atoms with Crippen LogP contribution in [0.2, 0.25) is 0 Å². The number of hydrogen-bond acceptors (Lipinski definition) is 4. The van der Waals surface area contributed by atoms with Gasteiger partial charge in [-0.2, -0.15) is 17.5 Å². The Kier molecular flexibility index (Phi) is 9.01. The zero-order valence-corrected chi connectivity index (χ0v) is 20.1. The Bertz CT molecular complexity index is 954. The summed E-state index contributed by atoms with van der Waals surface area (Å²) in [6.45, 7) is 2.64. The first kappa shape index (κ1) is 25.7. The van der Waals surface area contributed by atoms with E-state index >= 15 is 0 Å². The fraction of sp³-hybridized carbons (Fsp3) is 0.526. The number of nitrogens with zero attached hydrogens (tertiary/aromatic N) is 2. The van der Waals surface area contributed by atoms with Gasteiger partial charge >= 0.3 is 15.5 Å². The molecule has 0 bridgehead atoms. The topological polar surface area (TPSA) is 86.9 Å². The minimum Gasteiger partial charge on any atom is -0.461 e. The number of halogens is 4. The molecule has 1 aromatic heterocycles. The molecule has 1 saturated heterocycles. The van der Waals surface area contributed by atoms with Crippen LogP contribution in [0.5, 0.6) is 0 Å². The average molecular weight is 574 g/mol. The van der Waals surface area contributed by atoms with Gasteiger partial charge in [0, 0.05) is 44.0 Å². The predicted octanol–water partition coefficient (Wildman–Crippen LogP) is 3.46. The first-order valence-electron chi connectivity index (χ1n) is 9.79. The number of fused-ring (bicyclic) bond motifs is 1. The number of aliphatic imine (C=N–C) groups is 1. The number of benzene rings is 1. The van der Waals surface area contributed by atoms with Crippen LogP contribution in [-0.2, 0) is 16.4 Å². The van der Waals surface area contributed by atoms with Gasteiger partial charge in [-0.3, -0.25) is 4.99 Å². The maximum atomic E-state index is 12.7. The summed E-state index contributed by atoms with van der Waals surface area (Å²) in [6.07, 6.45) is 1.14. The highest BCUT2D eigenvalue weighted by molar-refractivity contribution is 14.0. The summed E-state index contributed by atoms with van der Waals surface area (Å²) >= 11 is 0. The van der Waals surface area contributed by atoms with E-state index in [9.17, 15) is 21.6 Å². The Morgan fingerprint density at radius 3 is 2.55 bits per heavy atom. The lowest BCUT2D eigenvalue weighted by Gasteiger charge is -2.32. The zero-order chi connectivity index (χ0) is 21.8. The van der Waals surface area contributed by atoms with Crippen molar-refractivity contribution in [3.8, 4) is 0 Å². The number of furan rings is 1. The standard InChI is InChI=1S/C19H25F3N4O3S.HI/c1-2-23-18(24-10-7-16-13-14-5-3-4-6-17(14)29-16)25-15-8-11-26(12-9-15)30(27,28)19(20,21)22;/h3-6,13,15H,2,7-12H2,1H3,(H2,23,24,25);1H. The maximum absolute atomic E-state index is 12.7. The Balaban J connectivity index is 0.00000341. The van der Waals surface area contributed by atoms with Crippen molar-refractivity contribution in [3.63, 3.8) is 0 Å². The number of sulfonamides is 1. The molecule has 1 aromatic carbocycles. The SMILES string of the molecule is CCNC(=NCCc1cc2ccccc2o1)NC1CCN(S(=O)(=O)C(F)(F)F)CC1.I. The highest BCUT2D eigenvalue weighted by Gasteiger charge is 2.50. The zero-order valence-electron chi connectivity index (χ0n) is 17.0. The molecule has 31 heavy (non-hydrogen) atoms. The third kappa shape index (κ3) is 6.48. The summed E-state index contributed by atoms with van der Waals surface area (Å²) in [5.41, 5.74) is -4.44. The molecule has 1 fully saturated rings. The van der Waals surface area contributed by atoms with Gasteiger partial charge in [0.1, 0.15) is 11.3 Å². The molecule has 7 nitrogen and oxygen atoms in total. The highest BCUT2D eigenvalue weighted by atomic mass is 127. The highest BCUT2D eigenvalue weighted by Crippen LogP contribution is 2.29. The number of guanidine groups is 1. The quantitative estimate of drug-likeness (QED) is 0.314. The van der Waals surface area contributed by atoms with E-state index in [-0.39, 0.29) is 55.9 Å². The molecule has 1 aliphatic heterocycles. The summed E-state index contributed by atoms with van der Waals surface area (Å²) in [7, 11) is -5.27. The fourth-order valence-corrected chi connectivity index (χ4v) is 4.32. The number of rotatable bonds is 6. The molecule has 0 atom stereocenters. The number of para-hydroxylation sites is 1. The predicted molar refractivity (Wildman–Crippen MR) is 124 cm³/mol. The van der Waals surface area contributed by atoms with Crippen LogP contribution in [0.1, 0.15) is 25.5 Å². The molecule has 2 heterocycles. The molecule has 2 aromatic rings. The van der Waals surface area contributed by atoms with Crippen molar-refractivity contribution in [1.29, 1.82) is 0 Å². The molecular weight excluding hydrogens is 548 g/mol. The summed E-state index contributed by atoms with van der Waals surface area (Å²) in [4.78, 5) is 4.50. The first-order valence-corrected chi connectivity index (χ1v) is 11.2. The van der Waals surface area contributed by atoms with E-state index in [1.807, 2.05) is 37.3 Å². The minimum absolute atomic E-state index is 0. The Morgan fingerprint density at radius 2 is 1.94 bits per heavy atom. The number of alkyl halides is 3. The van der Waals surface area contributed by atoms with Crippen molar-refractivity contribution < 1.29 is 26.0 Å². The summed E-state index contributed by atoms with van der Waals surface area (Å²) in [6, 6.07) is 9.54. The van der Waals surface area contributed by atoms with Gasteiger partial charge in [-0.05, 0) is 31.9 Å². The van der Waals surface area contributed by atoms with E-state index in [1.54, 1.807) is 0 Å². The van der Waals surface area contributed by atoms with Gasteiger partial charge in [0.15, 0.2) is 5.96 Å².